The molecule has 0 atom stereocenters. The summed E-state index contributed by atoms with van der Waals surface area (Å²) < 4.78 is 0. The lowest BCUT2D eigenvalue weighted by Gasteiger charge is -2.00. The van der Waals surface area contributed by atoms with Gasteiger partial charge in [-0.3, -0.25) is 4.79 Å². The van der Waals surface area contributed by atoms with Gasteiger partial charge in [0.1, 0.15) is 0 Å². The summed E-state index contributed by atoms with van der Waals surface area (Å²) in [6.45, 7) is 0. The smallest absolute Gasteiger partial charge is 0.356 e. The summed E-state index contributed by atoms with van der Waals surface area (Å²) in [5.74, 6) is -1.20. The van der Waals surface area contributed by atoms with Gasteiger partial charge in [0, 0.05) is 10.4 Å². The molecule has 1 aromatic carbocycles. The van der Waals surface area contributed by atoms with Crippen molar-refractivity contribution in [3.8, 4) is 0 Å². The number of carbonyl (C=O) groups is 1. The lowest BCUT2D eigenvalue weighted by Crippen LogP contribution is -2.13. The molecule has 2 aromatic rings. The summed E-state index contributed by atoms with van der Waals surface area (Å²) in [6.07, 6.45) is 0. The van der Waals surface area contributed by atoms with E-state index >= 15 is 0 Å². The average molecular weight is 225 g/mol. The predicted molar refractivity (Wildman–Crippen MR) is 54.3 cm³/mol. The number of rotatable bonds is 1. The van der Waals surface area contributed by atoms with Crippen LogP contribution in [0.5, 0.6) is 0 Å². The summed E-state index contributed by atoms with van der Waals surface area (Å²) in [6, 6.07) is 4.38. The summed E-state index contributed by atoms with van der Waals surface area (Å²) in [5.41, 5.74) is -0.654. The molecule has 0 aliphatic heterocycles. The van der Waals surface area contributed by atoms with Crippen LogP contribution in [-0.4, -0.2) is 21.3 Å². The third kappa shape index (κ3) is 1.57. The minimum Gasteiger partial charge on any atom is -0.476 e. The van der Waals surface area contributed by atoms with Crippen molar-refractivity contribution in [2.24, 2.45) is 0 Å². The third-order valence-electron chi connectivity index (χ3n) is 1.95. The van der Waals surface area contributed by atoms with Crippen molar-refractivity contribution < 1.29 is 9.90 Å². The lowest BCUT2D eigenvalue weighted by atomic mass is 10.1. The fourth-order valence-corrected chi connectivity index (χ4v) is 1.47. The molecule has 0 saturated carbocycles. The van der Waals surface area contributed by atoms with E-state index in [0.717, 1.165) is 0 Å². The molecule has 2 rings (SSSR count). The molecule has 0 aliphatic carbocycles. The van der Waals surface area contributed by atoms with Gasteiger partial charge in [-0.15, -0.1) is 0 Å². The molecular weight excluding hydrogens is 220 g/mol. The van der Waals surface area contributed by atoms with Crippen LogP contribution >= 0.6 is 11.6 Å². The highest BCUT2D eigenvalue weighted by Crippen LogP contribution is 2.17. The highest BCUT2D eigenvalue weighted by atomic mass is 35.5. The van der Waals surface area contributed by atoms with E-state index in [0.29, 0.717) is 5.02 Å². The van der Waals surface area contributed by atoms with Gasteiger partial charge in [-0.1, -0.05) is 17.7 Å². The average Bonchev–Trinajstić information content (AvgIpc) is 2.19. The fraction of sp³-hybridized carbons (Fsp3) is 0. The number of H-pyrrole nitrogens is 1. The molecule has 0 bridgehead atoms. The van der Waals surface area contributed by atoms with Gasteiger partial charge in [0.2, 0.25) is 0 Å². The van der Waals surface area contributed by atoms with Gasteiger partial charge in [-0.2, -0.15) is 5.10 Å². The van der Waals surface area contributed by atoms with Crippen molar-refractivity contribution in [3.05, 3.63) is 39.3 Å². The monoisotopic (exact) mass is 224 g/mol. The van der Waals surface area contributed by atoms with Gasteiger partial charge in [0.05, 0.1) is 5.39 Å². The Balaban J connectivity index is 2.95. The zero-order chi connectivity index (χ0) is 11.0. The Kier molecular flexibility index (Phi) is 2.17. The van der Waals surface area contributed by atoms with E-state index in [1.54, 1.807) is 0 Å². The number of fused-ring (bicyclic) bond motifs is 1. The number of nitrogens with zero attached hydrogens (tertiary/aromatic N) is 1. The molecular formula is C9H5ClN2O3. The molecule has 0 spiro atoms. The van der Waals surface area contributed by atoms with E-state index in [2.05, 4.69) is 10.2 Å². The quantitative estimate of drug-likeness (QED) is 0.764. The minimum atomic E-state index is -1.20. The number of aromatic nitrogens is 2. The summed E-state index contributed by atoms with van der Waals surface area (Å²) in [4.78, 5) is 22.1. The number of hydrogen-bond donors (Lipinski definition) is 2. The largest absolute Gasteiger partial charge is 0.476 e. The normalized spacial score (nSPS) is 10.5. The molecule has 6 heteroatoms. The van der Waals surface area contributed by atoms with Crippen LogP contribution in [0, 0.1) is 0 Å². The first-order valence-electron chi connectivity index (χ1n) is 4.01. The van der Waals surface area contributed by atoms with Gasteiger partial charge < -0.3 is 5.11 Å². The highest BCUT2D eigenvalue weighted by molar-refractivity contribution is 6.31. The van der Waals surface area contributed by atoms with Crippen LogP contribution in [0.3, 0.4) is 0 Å². The number of nitrogens with one attached hydrogen (secondary N) is 1. The number of aromatic carboxylic acids is 1. The SMILES string of the molecule is O=C(O)c1n[nH]c(=O)c2cc(Cl)ccc12. The molecule has 0 amide bonds. The van der Waals surface area contributed by atoms with Gasteiger partial charge in [0.25, 0.3) is 5.56 Å². The van der Waals surface area contributed by atoms with E-state index in [9.17, 15) is 9.59 Å². The second-order valence-electron chi connectivity index (χ2n) is 2.90. The van der Waals surface area contributed by atoms with Crippen molar-refractivity contribution in [2.75, 3.05) is 0 Å². The van der Waals surface area contributed by atoms with E-state index in [4.69, 9.17) is 16.7 Å². The Morgan fingerprint density at radius 3 is 2.80 bits per heavy atom. The first-order valence-corrected chi connectivity index (χ1v) is 4.38. The second kappa shape index (κ2) is 3.36. The lowest BCUT2D eigenvalue weighted by molar-refractivity contribution is 0.0691. The fourth-order valence-electron chi connectivity index (χ4n) is 1.30. The van der Waals surface area contributed by atoms with Gasteiger partial charge in [0.15, 0.2) is 5.69 Å². The Hall–Kier alpha value is -1.88. The van der Waals surface area contributed by atoms with E-state index in [-0.39, 0.29) is 16.5 Å². The van der Waals surface area contributed by atoms with Gasteiger partial charge in [-0.05, 0) is 12.1 Å². The van der Waals surface area contributed by atoms with Crippen LogP contribution in [0.4, 0.5) is 0 Å². The zero-order valence-corrected chi connectivity index (χ0v) is 8.08. The molecule has 0 fully saturated rings. The Morgan fingerprint density at radius 1 is 1.40 bits per heavy atom. The molecule has 0 radical (unpaired) electrons. The van der Waals surface area contributed by atoms with Crippen molar-refractivity contribution >= 4 is 28.3 Å². The van der Waals surface area contributed by atoms with E-state index < -0.39 is 11.5 Å². The number of halogens is 1. The predicted octanol–water partition coefficient (Wildman–Crippen LogP) is 1.27. The molecule has 1 aromatic heterocycles. The highest BCUT2D eigenvalue weighted by Gasteiger charge is 2.12. The van der Waals surface area contributed by atoms with Crippen LogP contribution in [0.1, 0.15) is 10.5 Å². The number of benzene rings is 1. The Labute approximate surface area is 88.3 Å². The van der Waals surface area contributed by atoms with Gasteiger partial charge >= 0.3 is 5.97 Å². The topological polar surface area (TPSA) is 83.0 Å². The Bertz CT molecular complexity index is 606. The summed E-state index contributed by atoms with van der Waals surface area (Å²) in [5, 5.41) is 15.2. The molecule has 15 heavy (non-hydrogen) atoms. The van der Waals surface area contributed by atoms with E-state index in [1.165, 1.54) is 18.2 Å². The van der Waals surface area contributed by atoms with Crippen LogP contribution in [-0.2, 0) is 0 Å². The number of carboxylic acid groups (broad SMARTS) is 1. The number of aromatic amines is 1. The number of hydrogen-bond acceptors (Lipinski definition) is 3. The summed E-state index contributed by atoms with van der Waals surface area (Å²) in [7, 11) is 0. The van der Waals surface area contributed by atoms with Gasteiger partial charge in [-0.25, -0.2) is 9.89 Å². The maximum Gasteiger partial charge on any atom is 0.356 e. The minimum absolute atomic E-state index is 0.193. The van der Waals surface area contributed by atoms with Crippen LogP contribution in [0.25, 0.3) is 10.8 Å². The molecule has 2 N–H and O–H groups in total. The van der Waals surface area contributed by atoms with Crippen molar-refractivity contribution in [1.29, 1.82) is 0 Å². The first kappa shape index (κ1) is 9.67. The van der Waals surface area contributed by atoms with Crippen molar-refractivity contribution in [1.82, 2.24) is 10.2 Å². The maximum atomic E-state index is 11.3. The molecule has 0 saturated heterocycles. The molecule has 5 nitrogen and oxygen atoms in total. The van der Waals surface area contributed by atoms with Crippen molar-refractivity contribution in [2.45, 2.75) is 0 Å². The molecule has 0 unspecified atom stereocenters. The molecule has 0 aliphatic rings. The van der Waals surface area contributed by atoms with E-state index in [1.807, 2.05) is 0 Å². The first-order chi connectivity index (χ1) is 7.09. The second-order valence-corrected chi connectivity index (χ2v) is 3.33. The zero-order valence-electron chi connectivity index (χ0n) is 7.32. The standard InChI is InChI=1S/C9H5ClN2O3/c10-4-1-2-5-6(3-4)8(13)12-11-7(5)9(14)15/h1-3H,(H,12,13)(H,14,15). The molecule has 1 heterocycles. The third-order valence-corrected chi connectivity index (χ3v) is 2.19. The van der Waals surface area contributed by atoms with Crippen LogP contribution in [0.15, 0.2) is 23.0 Å². The Morgan fingerprint density at radius 2 is 2.13 bits per heavy atom. The maximum absolute atomic E-state index is 11.3. The van der Waals surface area contributed by atoms with Crippen LogP contribution < -0.4 is 5.56 Å². The van der Waals surface area contributed by atoms with Crippen LogP contribution in [0.2, 0.25) is 5.02 Å². The van der Waals surface area contributed by atoms with Crippen molar-refractivity contribution in [3.63, 3.8) is 0 Å². The summed E-state index contributed by atoms with van der Waals surface area (Å²) >= 11 is 5.70. The number of carboxylic acids is 1. The molecule has 76 valence electrons.